The molecule has 1 amide bonds. The number of amides is 1. The monoisotopic (exact) mass is 318 g/mol. The molecule has 1 saturated heterocycles. The highest BCUT2D eigenvalue weighted by molar-refractivity contribution is 7.10. The molecule has 1 aliphatic heterocycles. The van der Waals surface area contributed by atoms with E-state index in [4.69, 9.17) is 4.74 Å². The van der Waals surface area contributed by atoms with Gasteiger partial charge in [0.05, 0.1) is 13.2 Å². The van der Waals surface area contributed by atoms with Gasteiger partial charge in [0, 0.05) is 17.1 Å². The van der Waals surface area contributed by atoms with Crippen molar-refractivity contribution in [1.82, 2.24) is 14.7 Å². The lowest BCUT2D eigenvalue weighted by atomic mass is 10.0. The van der Waals surface area contributed by atoms with E-state index in [9.17, 15) is 4.79 Å². The Morgan fingerprint density at radius 2 is 2.18 bits per heavy atom. The number of hydrogen-bond donors (Lipinski definition) is 2. The van der Waals surface area contributed by atoms with E-state index < -0.39 is 0 Å². The van der Waals surface area contributed by atoms with Crippen LogP contribution in [-0.4, -0.2) is 35.0 Å². The standard InChI is InChI=1S/C15H18N4O2S/c1-21-11-7-5-10(6-8-11)13-17-15(22-19-13)18-14(20)12-4-2-3-9-16-12/h5-8,12,16H,2-4,9H2,1H3,(H,17,18,19,20)/t12-/m0/s1. The van der Waals surface area contributed by atoms with Crippen LogP contribution in [0, 0.1) is 0 Å². The first-order valence-corrected chi connectivity index (χ1v) is 8.06. The Hall–Kier alpha value is -1.99. The average Bonchev–Trinajstić information content (AvgIpc) is 3.04. The van der Waals surface area contributed by atoms with E-state index >= 15 is 0 Å². The van der Waals surface area contributed by atoms with Gasteiger partial charge in [0.1, 0.15) is 5.75 Å². The van der Waals surface area contributed by atoms with Crippen LogP contribution in [-0.2, 0) is 4.79 Å². The summed E-state index contributed by atoms with van der Waals surface area (Å²) in [7, 11) is 1.63. The van der Waals surface area contributed by atoms with Crippen molar-refractivity contribution in [3.05, 3.63) is 24.3 Å². The molecule has 3 rings (SSSR count). The van der Waals surface area contributed by atoms with Crippen molar-refractivity contribution in [1.29, 1.82) is 0 Å². The molecule has 1 fully saturated rings. The summed E-state index contributed by atoms with van der Waals surface area (Å²) in [5.41, 5.74) is 0.897. The summed E-state index contributed by atoms with van der Waals surface area (Å²) in [6.45, 7) is 0.894. The van der Waals surface area contributed by atoms with E-state index in [1.165, 1.54) is 11.5 Å². The van der Waals surface area contributed by atoms with E-state index in [0.29, 0.717) is 11.0 Å². The number of methoxy groups -OCH3 is 1. The van der Waals surface area contributed by atoms with Crippen molar-refractivity contribution in [3.8, 4) is 17.1 Å². The van der Waals surface area contributed by atoms with Gasteiger partial charge >= 0.3 is 0 Å². The third-order valence-corrected chi connectivity index (χ3v) is 4.26. The second-order valence-electron chi connectivity index (χ2n) is 5.14. The molecule has 7 heteroatoms. The SMILES string of the molecule is COc1ccc(-c2nsc(NC(=O)[C@@H]3CCCCN3)n2)cc1. The molecule has 1 aromatic carbocycles. The molecule has 1 atom stereocenters. The number of carbonyl (C=O) groups excluding carboxylic acids is 1. The number of ether oxygens (including phenoxy) is 1. The number of piperidine rings is 1. The molecule has 0 bridgehead atoms. The first-order valence-electron chi connectivity index (χ1n) is 7.28. The molecule has 0 spiro atoms. The van der Waals surface area contributed by atoms with E-state index in [1.54, 1.807) is 7.11 Å². The number of hydrogen-bond acceptors (Lipinski definition) is 6. The van der Waals surface area contributed by atoms with Crippen molar-refractivity contribution in [2.45, 2.75) is 25.3 Å². The number of aromatic nitrogens is 2. The zero-order chi connectivity index (χ0) is 15.4. The minimum absolute atomic E-state index is 0.0304. The van der Waals surface area contributed by atoms with E-state index in [1.807, 2.05) is 24.3 Å². The number of rotatable bonds is 4. The summed E-state index contributed by atoms with van der Waals surface area (Å²) in [5.74, 6) is 1.37. The Kier molecular flexibility index (Phi) is 4.65. The van der Waals surface area contributed by atoms with Gasteiger partial charge in [-0.2, -0.15) is 9.36 Å². The fraction of sp³-hybridized carbons (Fsp3) is 0.400. The third-order valence-electron chi connectivity index (χ3n) is 3.63. The molecule has 1 aromatic heterocycles. The highest BCUT2D eigenvalue weighted by Gasteiger charge is 2.21. The Labute approximate surface area is 133 Å². The quantitative estimate of drug-likeness (QED) is 0.904. The van der Waals surface area contributed by atoms with Crippen molar-refractivity contribution >= 4 is 22.6 Å². The summed E-state index contributed by atoms with van der Waals surface area (Å²) >= 11 is 1.19. The minimum Gasteiger partial charge on any atom is -0.497 e. The largest absolute Gasteiger partial charge is 0.497 e. The van der Waals surface area contributed by atoms with Gasteiger partial charge in [0.25, 0.3) is 0 Å². The van der Waals surface area contributed by atoms with Crippen LogP contribution >= 0.6 is 11.5 Å². The highest BCUT2D eigenvalue weighted by atomic mass is 32.1. The number of nitrogens with zero attached hydrogens (tertiary/aromatic N) is 2. The highest BCUT2D eigenvalue weighted by Crippen LogP contribution is 2.23. The maximum absolute atomic E-state index is 12.1. The summed E-state index contributed by atoms with van der Waals surface area (Å²) in [6.07, 6.45) is 3.08. The van der Waals surface area contributed by atoms with Crippen LogP contribution in [0.2, 0.25) is 0 Å². The van der Waals surface area contributed by atoms with Gasteiger partial charge in [-0.3, -0.25) is 10.1 Å². The van der Waals surface area contributed by atoms with Gasteiger partial charge in [-0.25, -0.2) is 0 Å². The average molecular weight is 318 g/mol. The molecule has 0 aliphatic carbocycles. The van der Waals surface area contributed by atoms with Crippen molar-refractivity contribution in [3.63, 3.8) is 0 Å². The molecule has 2 heterocycles. The predicted octanol–water partition coefficient (Wildman–Crippen LogP) is 2.29. The maximum Gasteiger partial charge on any atom is 0.243 e. The zero-order valence-corrected chi connectivity index (χ0v) is 13.2. The van der Waals surface area contributed by atoms with Crippen molar-refractivity contribution in [2.75, 3.05) is 19.0 Å². The maximum atomic E-state index is 12.1. The number of carbonyl (C=O) groups is 1. The second-order valence-corrected chi connectivity index (χ2v) is 5.90. The van der Waals surface area contributed by atoms with Crippen LogP contribution in [0.1, 0.15) is 19.3 Å². The first-order chi connectivity index (χ1) is 10.8. The smallest absolute Gasteiger partial charge is 0.243 e. The fourth-order valence-electron chi connectivity index (χ4n) is 2.40. The predicted molar refractivity (Wildman–Crippen MR) is 86.2 cm³/mol. The van der Waals surface area contributed by atoms with Gasteiger partial charge < -0.3 is 10.1 Å². The van der Waals surface area contributed by atoms with Crippen LogP contribution < -0.4 is 15.4 Å². The summed E-state index contributed by atoms with van der Waals surface area (Å²) in [6, 6.07) is 7.40. The number of nitrogens with one attached hydrogen (secondary N) is 2. The lowest BCUT2D eigenvalue weighted by molar-refractivity contribution is -0.118. The molecular weight excluding hydrogens is 300 g/mol. The minimum atomic E-state index is -0.123. The van der Waals surface area contributed by atoms with Gasteiger partial charge in [-0.05, 0) is 43.7 Å². The topological polar surface area (TPSA) is 76.1 Å². The summed E-state index contributed by atoms with van der Waals surface area (Å²) in [5, 5.41) is 6.59. The van der Waals surface area contributed by atoms with Crippen LogP contribution in [0.25, 0.3) is 11.4 Å². The Morgan fingerprint density at radius 3 is 2.86 bits per heavy atom. The van der Waals surface area contributed by atoms with E-state index in [0.717, 1.165) is 37.1 Å². The molecular formula is C15H18N4O2S. The van der Waals surface area contributed by atoms with E-state index in [2.05, 4.69) is 20.0 Å². The molecule has 1 aliphatic rings. The van der Waals surface area contributed by atoms with Gasteiger partial charge in [-0.15, -0.1) is 0 Å². The second kappa shape index (κ2) is 6.85. The fourth-order valence-corrected chi connectivity index (χ4v) is 2.99. The Bertz CT molecular complexity index is 635. The molecule has 22 heavy (non-hydrogen) atoms. The Balaban J connectivity index is 1.66. The van der Waals surface area contributed by atoms with Gasteiger partial charge in [-0.1, -0.05) is 6.42 Å². The lowest BCUT2D eigenvalue weighted by Gasteiger charge is -2.21. The number of anilines is 1. The van der Waals surface area contributed by atoms with Crippen LogP contribution in [0.5, 0.6) is 5.75 Å². The molecule has 0 radical (unpaired) electrons. The first kappa shape index (κ1) is 14.9. The van der Waals surface area contributed by atoms with Crippen molar-refractivity contribution < 1.29 is 9.53 Å². The van der Waals surface area contributed by atoms with E-state index in [-0.39, 0.29) is 11.9 Å². The Morgan fingerprint density at radius 1 is 1.36 bits per heavy atom. The van der Waals surface area contributed by atoms with Crippen molar-refractivity contribution in [2.24, 2.45) is 0 Å². The third kappa shape index (κ3) is 3.42. The summed E-state index contributed by atoms with van der Waals surface area (Å²) in [4.78, 5) is 16.5. The molecule has 2 aromatic rings. The van der Waals surface area contributed by atoms with Gasteiger partial charge in [0.2, 0.25) is 11.0 Å². The van der Waals surface area contributed by atoms with Crippen LogP contribution in [0.4, 0.5) is 5.13 Å². The normalized spacial score (nSPS) is 18.0. The molecule has 116 valence electrons. The number of benzene rings is 1. The molecule has 6 nitrogen and oxygen atoms in total. The van der Waals surface area contributed by atoms with Crippen LogP contribution in [0.3, 0.4) is 0 Å². The molecule has 0 unspecified atom stereocenters. The molecule has 0 saturated carbocycles. The van der Waals surface area contributed by atoms with Crippen LogP contribution in [0.15, 0.2) is 24.3 Å². The van der Waals surface area contributed by atoms with Gasteiger partial charge in [0.15, 0.2) is 5.82 Å². The lowest BCUT2D eigenvalue weighted by Crippen LogP contribution is -2.43. The zero-order valence-electron chi connectivity index (χ0n) is 12.3. The summed E-state index contributed by atoms with van der Waals surface area (Å²) < 4.78 is 9.42. The molecule has 2 N–H and O–H groups in total.